The largest absolute Gasteiger partial charge is 0.304 e. The van der Waals surface area contributed by atoms with Crippen LogP contribution in [0.15, 0.2) is 65.4 Å². The number of hydrazone groups is 1. The molecule has 1 aliphatic carbocycles. The number of benzene rings is 2. The Morgan fingerprint density at radius 1 is 0.826 bits per heavy atom. The van der Waals surface area contributed by atoms with Crippen molar-refractivity contribution in [3.8, 4) is 11.1 Å². The van der Waals surface area contributed by atoms with Gasteiger partial charge in [-0.2, -0.15) is 5.10 Å². The lowest BCUT2D eigenvalue weighted by Crippen LogP contribution is -2.34. The standard InChI is InChI=1S/C20H19N3/c1-2-8-15(9-3-1)23-14-22-19-13-7-6-11-17(19)16-10-4-5-12-18(16)20(22)21-23/h4-8,10-13H,1-3,9,14H2. The van der Waals surface area contributed by atoms with Crippen LogP contribution in [0.3, 0.4) is 0 Å². The molecule has 2 heterocycles. The van der Waals surface area contributed by atoms with Crippen LogP contribution < -0.4 is 4.90 Å². The molecule has 0 N–H and O–H groups in total. The van der Waals surface area contributed by atoms with E-state index in [0.29, 0.717) is 0 Å². The summed E-state index contributed by atoms with van der Waals surface area (Å²) in [5, 5.41) is 7.18. The zero-order chi connectivity index (χ0) is 15.2. The Morgan fingerprint density at radius 3 is 2.43 bits per heavy atom. The molecule has 0 spiro atoms. The third kappa shape index (κ3) is 1.93. The predicted octanol–water partition coefficient (Wildman–Crippen LogP) is 4.57. The van der Waals surface area contributed by atoms with E-state index in [4.69, 9.17) is 5.10 Å². The molecule has 3 heteroatoms. The van der Waals surface area contributed by atoms with E-state index < -0.39 is 0 Å². The van der Waals surface area contributed by atoms with Crippen LogP contribution in [0.1, 0.15) is 31.2 Å². The molecule has 114 valence electrons. The fourth-order valence-corrected chi connectivity index (χ4v) is 3.85. The maximum atomic E-state index is 4.98. The highest BCUT2D eigenvalue weighted by molar-refractivity contribution is 6.19. The van der Waals surface area contributed by atoms with Crippen LogP contribution in [0.4, 0.5) is 5.69 Å². The summed E-state index contributed by atoms with van der Waals surface area (Å²) >= 11 is 0. The van der Waals surface area contributed by atoms with Crippen molar-refractivity contribution >= 4 is 11.5 Å². The molecule has 5 rings (SSSR count). The number of rotatable bonds is 1. The van der Waals surface area contributed by atoms with E-state index >= 15 is 0 Å². The number of hydrogen-bond donors (Lipinski definition) is 0. The van der Waals surface area contributed by atoms with Crippen molar-refractivity contribution in [2.75, 3.05) is 11.6 Å². The SMILES string of the molecule is C1=C(N2CN3C(=N2)c2ccccc2-c2ccccc23)CCCC1. The van der Waals surface area contributed by atoms with Gasteiger partial charge in [0.1, 0.15) is 6.67 Å². The van der Waals surface area contributed by atoms with Gasteiger partial charge >= 0.3 is 0 Å². The van der Waals surface area contributed by atoms with Crippen molar-refractivity contribution in [3.05, 3.63) is 65.9 Å². The molecule has 3 nitrogen and oxygen atoms in total. The molecule has 2 aliphatic heterocycles. The van der Waals surface area contributed by atoms with E-state index in [2.05, 4.69) is 64.5 Å². The number of amidine groups is 1. The molecule has 0 saturated carbocycles. The van der Waals surface area contributed by atoms with Crippen LogP contribution >= 0.6 is 0 Å². The molecule has 0 unspecified atom stereocenters. The topological polar surface area (TPSA) is 18.8 Å². The minimum Gasteiger partial charge on any atom is -0.304 e. The molecule has 3 aliphatic rings. The van der Waals surface area contributed by atoms with Crippen LogP contribution in [-0.4, -0.2) is 17.5 Å². The molecular weight excluding hydrogens is 282 g/mol. The Hall–Kier alpha value is -2.55. The third-order valence-electron chi connectivity index (χ3n) is 5.00. The molecule has 2 aromatic rings. The first-order chi connectivity index (χ1) is 11.4. The van der Waals surface area contributed by atoms with Gasteiger partial charge in [0.2, 0.25) is 0 Å². The summed E-state index contributed by atoms with van der Waals surface area (Å²) in [5.74, 6) is 1.09. The van der Waals surface area contributed by atoms with E-state index in [1.165, 1.54) is 47.3 Å². The lowest BCUT2D eigenvalue weighted by molar-refractivity contribution is 0.372. The number of hydrogen-bond acceptors (Lipinski definition) is 3. The normalized spacial score (nSPS) is 18.8. The minimum atomic E-state index is 0.826. The maximum Gasteiger partial charge on any atom is 0.163 e. The Morgan fingerprint density at radius 2 is 1.61 bits per heavy atom. The summed E-state index contributed by atoms with van der Waals surface area (Å²) in [6, 6.07) is 17.3. The first-order valence-electron chi connectivity index (χ1n) is 8.43. The smallest absolute Gasteiger partial charge is 0.163 e. The molecule has 2 aromatic carbocycles. The number of allylic oxidation sites excluding steroid dienone is 2. The van der Waals surface area contributed by atoms with Gasteiger partial charge in [-0.05, 0) is 37.3 Å². The molecule has 0 atom stereocenters. The number of nitrogens with zero attached hydrogens (tertiary/aromatic N) is 3. The summed E-state index contributed by atoms with van der Waals surface area (Å²) in [6.45, 7) is 0.826. The van der Waals surface area contributed by atoms with E-state index in [1.54, 1.807) is 0 Å². The molecule has 0 amide bonds. The Bertz CT molecular complexity index is 834. The van der Waals surface area contributed by atoms with E-state index in [-0.39, 0.29) is 0 Å². The first-order valence-corrected chi connectivity index (χ1v) is 8.43. The number of para-hydroxylation sites is 1. The van der Waals surface area contributed by atoms with Crippen LogP contribution in [0.25, 0.3) is 11.1 Å². The fraction of sp³-hybridized carbons (Fsp3) is 0.250. The van der Waals surface area contributed by atoms with Gasteiger partial charge in [-0.15, -0.1) is 0 Å². The monoisotopic (exact) mass is 301 g/mol. The molecular formula is C20H19N3. The zero-order valence-corrected chi connectivity index (χ0v) is 13.1. The van der Waals surface area contributed by atoms with Crippen LogP contribution in [0, 0.1) is 0 Å². The second-order valence-electron chi connectivity index (χ2n) is 6.40. The molecule has 0 fully saturated rings. The van der Waals surface area contributed by atoms with Crippen LogP contribution in [-0.2, 0) is 0 Å². The summed E-state index contributed by atoms with van der Waals surface area (Å²) in [4.78, 5) is 2.35. The van der Waals surface area contributed by atoms with Crippen LogP contribution in [0.5, 0.6) is 0 Å². The summed E-state index contributed by atoms with van der Waals surface area (Å²) < 4.78 is 0. The second kappa shape index (κ2) is 4.98. The Balaban J connectivity index is 1.66. The Labute approximate surface area is 136 Å². The van der Waals surface area contributed by atoms with E-state index in [0.717, 1.165) is 18.9 Å². The fourth-order valence-electron chi connectivity index (χ4n) is 3.85. The lowest BCUT2D eigenvalue weighted by atomic mass is 9.93. The van der Waals surface area contributed by atoms with Gasteiger partial charge in [-0.1, -0.05) is 48.5 Å². The molecule has 0 bridgehead atoms. The van der Waals surface area contributed by atoms with Crippen molar-refractivity contribution in [1.29, 1.82) is 0 Å². The van der Waals surface area contributed by atoms with Gasteiger partial charge in [-0.3, -0.25) is 0 Å². The van der Waals surface area contributed by atoms with Gasteiger partial charge in [0.25, 0.3) is 0 Å². The Kier molecular flexibility index (Phi) is 2.80. The van der Waals surface area contributed by atoms with Gasteiger partial charge in [-0.25, -0.2) is 5.01 Å². The summed E-state index contributed by atoms with van der Waals surface area (Å²) in [5.41, 5.74) is 6.49. The van der Waals surface area contributed by atoms with Gasteiger partial charge in [0.15, 0.2) is 5.84 Å². The van der Waals surface area contributed by atoms with Crippen molar-refractivity contribution in [2.24, 2.45) is 5.10 Å². The number of fused-ring (bicyclic) bond motifs is 6. The predicted molar refractivity (Wildman–Crippen MR) is 94.2 cm³/mol. The van der Waals surface area contributed by atoms with E-state index in [1.807, 2.05) is 0 Å². The highest BCUT2D eigenvalue weighted by Crippen LogP contribution is 2.41. The maximum absolute atomic E-state index is 4.98. The van der Waals surface area contributed by atoms with Gasteiger partial charge < -0.3 is 4.90 Å². The molecule has 23 heavy (non-hydrogen) atoms. The van der Waals surface area contributed by atoms with Gasteiger partial charge in [0.05, 0.1) is 5.69 Å². The molecule has 0 radical (unpaired) electrons. The summed E-state index contributed by atoms with van der Waals surface area (Å²) in [6.07, 6.45) is 7.28. The average molecular weight is 301 g/mol. The van der Waals surface area contributed by atoms with Crippen molar-refractivity contribution in [3.63, 3.8) is 0 Å². The lowest BCUT2D eigenvalue weighted by Gasteiger charge is -2.30. The average Bonchev–Trinajstić information content (AvgIpc) is 3.09. The van der Waals surface area contributed by atoms with Crippen molar-refractivity contribution in [1.82, 2.24) is 5.01 Å². The zero-order valence-electron chi connectivity index (χ0n) is 13.1. The highest BCUT2D eigenvalue weighted by Gasteiger charge is 2.34. The third-order valence-corrected chi connectivity index (χ3v) is 5.00. The van der Waals surface area contributed by atoms with Crippen LogP contribution in [0.2, 0.25) is 0 Å². The second-order valence-corrected chi connectivity index (χ2v) is 6.40. The highest BCUT2D eigenvalue weighted by atomic mass is 15.6. The summed E-state index contributed by atoms with van der Waals surface area (Å²) in [7, 11) is 0. The number of anilines is 1. The minimum absolute atomic E-state index is 0.826. The van der Waals surface area contributed by atoms with Crippen molar-refractivity contribution < 1.29 is 0 Å². The first kappa shape index (κ1) is 12.9. The molecule has 0 aromatic heterocycles. The van der Waals surface area contributed by atoms with Crippen molar-refractivity contribution in [2.45, 2.75) is 25.7 Å². The quantitative estimate of drug-likeness (QED) is 0.768. The van der Waals surface area contributed by atoms with E-state index in [9.17, 15) is 0 Å². The van der Waals surface area contributed by atoms with Gasteiger partial charge in [0, 0.05) is 16.8 Å². The molecule has 0 saturated heterocycles.